The first-order valence-electron chi connectivity index (χ1n) is 5.67. The van der Waals surface area contributed by atoms with Gasteiger partial charge in [-0.1, -0.05) is 16.8 Å². The van der Waals surface area contributed by atoms with E-state index in [0.29, 0.717) is 0 Å². The lowest BCUT2D eigenvalue weighted by Crippen LogP contribution is -2.07. The van der Waals surface area contributed by atoms with Crippen molar-refractivity contribution in [1.82, 2.24) is 10.1 Å². The van der Waals surface area contributed by atoms with E-state index in [-0.39, 0.29) is 32.8 Å². The maximum absolute atomic E-state index is 11.9. The fraction of sp³-hybridized carbons (Fsp3) is 0.250. The molecule has 0 fully saturated rings. The molecule has 0 atom stereocenters. The summed E-state index contributed by atoms with van der Waals surface area (Å²) in [4.78, 5) is 15.5. The van der Waals surface area contributed by atoms with Crippen molar-refractivity contribution in [2.24, 2.45) is 0 Å². The fourth-order valence-corrected chi connectivity index (χ4v) is 3.01. The summed E-state index contributed by atoms with van der Waals surface area (Å²) >= 11 is 6.15. The van der Waals surface area contributed by atoms with E-state index < -0.39 is 15.8 Å². The van der Waals surface area contributed by atoms with Crippen LogP contribution >= 0.6 is 11.6 Å². The number of rotatable bonds is 3. The Morgan fingerprint density at radius 1 is 1.38 bits per heavy atom. The van der Waals surface area contributed by atoms with Crippen LogP contribution in [0.3, 0.4) is 0 Å². The fourth-order valence-electron chi connectivity index (χ4n) is 1.74. The van der Waals surface area contributed by atoms with Crippen LogP contribution in [0.2, 0.25) is 5.02 Å². The normalized spacial score (nSPS) is 11.4. The molecule has 1 heterocycles. The van der Waals surface area contributed by atoms with Gasteiger partial charge in [-0.05, 0) is 12.1 Å². The summed E-state index contributed by atoms with van der Waals surface area (Å²) in [6, 6.07) is 2.54. The van der Waals surface area contributed by atoms with Crippen molar-refractivity contribution in [1.29, 1.82) is 0 Å². The van der Waals surface area contributed by atoms with Crippen LogP contribution in [0.5, 0.6) is 0 Å². The first-order chi connectivity index (χ1) is 9.75. The maximum Gasteiger partial charge on any atom is 0.339 e. The van der Waals surface area contributed by atoms with Gasteiger partial charge in [-0.25, -0.2) is 13.2 Å². The molecular weight excluding hydrogens is 320 g/mol. The second kappa shape index (κ2) is 5.45. The van der Waals surface area contributed by atoms with Gasteiger partial charge in [0.2, 0.25) is 11.7 Å². The number of sulfone groups is 1. The molecule has 2 rings (SSSR count). The number of nitrogens with zero attached hydrogens (tertiary/aromatic N) is 2. The Bertz CT molecular complexity index is 813. The van der Waals surface area contributed by atoms with Crippen molar-refractivity contribution in [2.75, 3.05) is 13.4 Å². The van der Waals surface area contributed by atoms with Gasteiger partial charge in [0.15, 0.2) is 9.84 Å². The third-order valence-corrected chi connectivity index (χ3v) is 4.19. The second-order valence-corrected chi connectivity index (χ2v) is 6.56. The molecule has 7 nitrogen and oxygen atoms in total. The SMILES string of the molecule is COC(=O)c1ccc(S(C)(=O)=O)c(-c2noc(C)n2)c1Cl. The number of benzene rings is 1. The van der Waals surface area contributed by atoms with E-state index in [4.69, 9.17) is 16.1 Å². The summed E-state index contributed by atoms with van der Waals surface area (Å²) in [6.07, 6.45) is 1.02. The zero-order valence-electron chi connectivity index (χ0n) is 11.4. The number of carbonyl (C=O) groups excluding carboxylic acids is 1. The van der Waals surface area contributed by atoms with Crippen LogP contribution in [0.4, 0.5) is 0 Å². The van der Waals surface area contributed by atoms with Crippen molar-refractivity contribution in [2.45, 2.75) is 11.8 Å². The highest BCUT2D eigenvalue weighted by atomic mass is 35.5. The van der Waals surface area contributed by atoms with Gasteiger partial charge in [0.05, 0.1) is 28.2 Å². The highest BCUT2D eigenvalue weighted by Crippen LogP contribution is 2.35. The predicted molar refractivity (Wildman–Crippen MR) is 73.9 cm³/mol. The standard InChI is InChI=1S/C12H11ClN2O5S/c1-6-14-11(15-20-6)9-8(21(3,17)18)5-4-7(10(9)13)12(16)19-2/h4-5H,1-3H3. The van der Waals surface area contributed by atoms with Crippen molar-refractivity contribution in [3.8, 4) is 11.4 Å². The lowest BCUT2D eigenvalue weighted by molar-refractivity contribution is 0.0601. The first kappa shape index (κ1) is 15.5. The van der Waals surface area contributed by atoms with Crippen LogP contribution in [-0.4, -0.2) is 37.9 Å². The molecule has 21 heavy (non-hydrogen) atoms. The van der Waals surface area contributed by atoms with E-state index in [9.17, 15) is 13.2 Å². The van der Waals surface area contributed by atoms with Crippen LogP contribution in [0, 0.1) is 6.92 Å². The Morgan fingerprint density at radius 2 is 2.05 bits per heavy atom. The molecule has 0 unspecified atom stereocenters. The van der Waals surface area contributed by atoms with E-state index in [1.165, 1.54) is 19.2 Å². The Hall–Kier alpha value is -1.93. The topological polar surface area (TPSA) is 99.4 Å². The lowest BCUT2D eigenvalue weighted by Gasteiger charge is -2.10. The smallest absolute Gasteiger partial charge is 0.339 e. The molecule has 0 aliphatic carbocycles. The van der Waals surface area contributed by atoms with E-state index in [2.05, 4.69) is 14.9 Å². The number of esters is 1. The molecule has 9 heteroatoms. The molecule has 0 saturated carbocycles. The van der Waals surface area contributed by atoms with Gasteiger partial charge in [0, 0.05) is 13.2 Å². The number of aryl methyl sites for hydroxylation is 1. The Balaban J connectivity index is 2.82. The van der Waals surface area contributed by atoms with Crippen LogP contribution < -0.4 is 0 Å². The molecule has 0 bridgehead atoms. The van der Waals surface area contributed by atoms with Crippen molar-refractivity contribution >= 4 is 27.4 Å². The second-order valence-electron chi connectivity index (χ2n) is 4.20. The summed E-state index contributed by atoms with van der Waals surface area (Å²) in [5.74, 6) is -0.464. The molecule has 0 amide bonds. The molecule has 1 aromatic heterocycles. The average Bonchev–Trinajstić information content (AvgIpc) is 2.82. The highest BCUT2D eigenvalue weighted by Gasteiger charge is 2.25. The maximum atomic E-state index is 11.9. The summed E-state index contributed by atoms with van der Waals surface area (Å²) in [5.41, 5.74) is 0.0305. The van der Waals surface area contributed by atoms with Crippen molar-refractivity contribution < 1.29 is 22.5 Å². The molecular formula is C12H11ClN2O5S. The summed E-state index contributed by atoms with van der Waals surface area (Å²) in [7, 11) is -2.41. The molecule has 2 aromatic rings. The lowest BCUT2D eigenvalue weighted by atomic mass is 10.1. The van der Waals surface area contributed by atoms with E-state index in [0.717, 1.165) is 6.26 Å². The zero-order valence-corrected chi connectivity index (χ0v) is 12.9. The third kappa shape index (κ3) is 2.91. The number of aromatic nitrogens is 2. The molecule has 0 aliphatic heterocycles. The Labute approximate surface area is 125 Å². The number of halogens is 1. The monoisotopic (exact) mass is 330 g/mol. The van der Waals surface area contributed by atoms with Gasteiger partial charge in [-0.3, -0.25) is 0 Å². The minimum atomic E-state index is -3.60. The number of hydrogen-bond donors (Lipinski definition) is 0. The molecule has 1 aromatic carbocycles. The van der Waals surface area contributed by atoms with Crippen LogP contribution in [0.15, 0.2) is 21.6 Å². The number of carbonyl (C=O) groups is 1. The van der Waals surface area contributed by atoms with Crippen LogP contribution in [0.1, 0.15) is 16.2 Å². The van der Waals surface area contributed by atoms with Gasteiger partial charge < -0.3 is 9.26 Å². The van der Waals surface area contributed by atoms with Crippen molar-refractivity contribution in [3.05, 3.63) is 28.6 Å². The predicted octanol–water partition coefficient (Wildman–Crippen LogP) is 1.89. The summed E-state index contributed by atoms with van der Waals surface area (Å²) in [6.45, 7) is 1.55. The summed E-state index contributed by atoms with van der Waals surface area (Å²) < 4.78 is 33.2. The average molecular weight is 331 g/mol. The third-order valence-electron chi connectivity index (χ3n) is 2.66. The van der Waals surface area contributed by atoms with Crippen LogP contribution in [0.25, 0.3) is 11.4 Å². The van der Waals surface area contributed by atoms with Gasteiger partial charge in [-0.15, -0.1) is 0 Å². The van der Waals surface area contributed by atoms with E-state index in [1.807, 2.05) is 0 Å². The number of methoxy groups -OCH3 is 1. The molecule has 0 saturated heterocycles. The quantitative estimate of drug-likeness (QED) is 0.792. The van der Waals surface area contributed by atoms with E-state index in [1.54, 1.807) is 6.92 Å². The van der Waals surface area contributed by atoms with Gasteiger partial charge in [-0.2, -0.15) is 4.98 Å². The molecule has 0 aliphatic rings. The first-order valence-corrected chi connectivity index (χ1v) is 7.94. The largest absolute Gasteiger partial charge is 0.465 e. The molecule has 0 radical (unpaired) electrons. The van der Waals surface area contributed by atoms with E-state index >= 15 is 0 Å². The molecule has 112 valence electrons. The highest BCUT2D eigenvalue weighted by molar-refractivity contribution is 7.90. The van der Waals surface area contributed by atoms with Gasteiger partial charge in [0.1, 0.15) is 0 Å². The minimum Gasteiger partial charge on any atom is -0.465 e. The zero-order chi connectivity index (χ0) is 15.8. The Kier molecular flexibility index (Phi) is 4.02. The van der Waals surface area contributed by atoms with Crippen LogP contribution in [-0.2, 0) is 14.6 Å². The summed E-state index contributed by atoms with van der Waals surface area (Å²) in [5, 5.41) is 3.55. The molecule has 0 N–H and O–H groups in total. The number of ether oxygens (including phenoxy) is 1. The van der Waals surface area contributed by atoms with Gasteiger partial charge in [0.25, 0.3) is 0 Å². The number of hydrogen-bond acceptors (Lipinski definition) is 7. The van der Waals surface area contributed by atoms with Gasteiger partial charge >= 0.3 is 5.97 Å². The Morgan fingerprint density at radius 3 is 2.52 bits per heavy atom. The van der Waals surface area contributed by atoms with Crippen molar-refractivity contribution in [3.63, 3.8) is 0 Å². The minimum absolute atomic E-state index is 0.0105. The molecule has 0 spiro atoms.